The van der Waals surface area contributed by atoms with E-state index in [1.54, 1.807) is 6.20 Å². The smallest absolute Gasteiger partial charge is 0.250 e. The highest BCUT2D eigenvalue weighted by molar-refractivity contribution is 5.91. The summed E-state index contributed by atoms with van der Waals surface area (Å²) in [4.78, 5) is 7.34. The van der Waals surface area contributed by atoms with Gasteiger partial charge in [0.2, 0.25) is 11.8 Å². The predicted octanol–water partition coefficient (Wildman–Crippen LogP) is 3.28. The standard InChI is InChI=1S/C15H10N4O/c1-2-5-10(6-3-1)14-18-19-15(20-14)12-9-17-13-11(12)7-4-8-16-13/h1-9H,(H,16,17). The van der Waals surface area contributed by atoms with Gasteiger partial charge >= 0.3 is 0 Å². The zero-order valence-corrected chi connectivity index (χ0v) is 10.4. The third-order valence-corrected chi connectivity index (χ3v) is 3.13. The van der Waals surface area contributed by atoms with Gasteiger partial charge in [-0.3, -0.25) is 0 Å². The molecule has 4 aromatic rings. The zero-order chi connectivity index (χ0) is 13.4. The van der Waals surface area contributed by atoms with E-state index in [4.69, 9.17) is 4.42 Å². The van der Waals surface area contributed by atoms with E-state index in [1.165, 1.54) is 0 Å². The number of benzene rings is 1. The van der Waals surface area contributed by atoms with Crippen LogP contribution in [0, 0.1) is 0 Å². The van der Waals surface area contributed by atoms with E-state index >= 15 is 0 Å². The molecule has 0 unspecified atom stereocenters. The van der Waals surface area contributed by atoms with Crippen LogP contribution in [0.1, 0.15) is 0 Å². The second kappa shape index (κ2) is 4.31. The summed E-state index contributed by atoms with van der Waals surface area (Å²) in [6, 6.07) is 13.6. The summed E-state index contributed by atoms with van der Waals surface area (Å²) in [5, 5.41) is 9.19. The summed E-state index contributed by atoms with van der Waals surface area (Å²) in [5.74, 6) is 1.00. The van der Waals surface area contributed by atoms with Crippen molar-refractivity contribution in [3.05, 3.63) is 54.9 Å². The minimum Gasteiger partial charge on any atom is -0.416 e. The van der Waals surface area contributed by atoms with E-state index in [0.717, 1.165) is 22.2 Å². The molecule has 0 aliphatic carbocycles. The largest absolute Gasteiger partial charge is 0.416 e. The quantitative estimate of drug-likeness (QED) is 0.602. The molecule has 1 N–H and O–H groups in total. The van der Waals surface area contributed by atoms with E-state index in [9.17, 15) is 0 Å². The van der Waals surface area contributed by atoms with Crippen LogP contribution in [-0.4, -0.2) is 20.2 Å². The van der Waals surface area contributed by atoms with Crippen molar-refractivity contribution in [1.82, 2.24) is 20.2 Å². The van der Waals surface area contributed by atoms with Crippen LogP contribution in [0.5, 0.6) is 0 Å². The Balaban J connectivity index is 1.82. The molecular weight excluding hydrogens is 252 g/mol. The number of pyridine rings is 1. The zero-order valence-electron chi connectivity index (χ0n) is 10.4. The fourth-order valence-electron chi connectivity index (χ4n) is 2.16. The van der Waals surface area contributed by atoms with Gasteiger partial charge in [0.05, 0.1) is 5.56 Å². The Morgan fingerprint density at radius 2 is 1.75 bits per heavy atom. The van der Waals surface area contributed by atoms with Crippen LogP contribution in [0.25, 0.3) is 33.9 Å². The Bertz CT molecular complexity index is 864. The van der Waals surface area contributed by atoms with Crippen molar-refractivity contribution < 1.29 is 4.42 Å². The van der Waals surface area contributed by atoms with Crippen molar-refractivity contribution in [2.24, 2.45) is 0 Å². The molecule has 0 amide bonds. The molecule has 1 aromatic carbocycles. The van der Waals surface area contributed by atoms with E-state index in [1.807, 2.05) is 48.7 Å². The Morgan fingerprint density at radius 1 is 0.900 bits per heavy atom. The molecule has 0 spiro atoms. The van der Waals surface area contributed by atoms with Gasteiger partial charge < -0.3 is 9.40 Å². The SMILES string of the molecule is c1ccc(-c2nnc(-c3c[nH]c4ncccc34)o2)cc1. The second-order valence-electron chi connectivity index (χ2n) is 4.38. The summed E-state index contributed by atoms with van der Waals surface area (Å²) in [6.45, 7) is 0. The summed E-state index contributed by atoms with van der Waals surface area (Å²) in [6.07, 6.45) is 3.58. The normalized spacial score (nSPS) is 11.0. The maximum Gasteiger partial charge on any atom is 0.250 e. The summed E-state index contributed by atoms with van der Waals surface area (Å²) in [7, 11) is 0. The van der Waals surface area contributed by atoms with Gasteiger partial charge in [0.25, 0.3) is 0 Å². The minimum absolute atomic E-state index is 0.489. The highest BCUT2D eigenvalue weighted by atomic mass is 16.4. The number of hydrogen-bond donors (Lipinski definition) is 1. The van der Waals surface area contributed by atoms with Crippen LogP contribution in [0.2, 0.25) is 0 Å². The number of nitrogens with zero attached hydrogens (tertiary/aromatic N) is 3. The van der Waals surface area contributed by atoms with Crippen LogP contribution in [0.15, 0.2) is 59.3 Å². The van der Waals surface area contributed by atoms with E-state index in [0.29, 0.717) is 11.8 Å². The van der Waals surface area contributed by atoms with Crippen molar-refractivity contribution in [1.29, 1.82) is 0 Å². The molecular formula is C15H10N4O. The van der Waals surface area contributed by atoms with E-state index in [-0.39, 0.29) is 0 Å². The molecule has 0 saturated heterocycles. The van der Waals surface area contributed by atoms with Gasteiger partial charge in [0, 0.05) is 23.3 Å². The van der Waals surface area contributed by atoms with Gasteiger partial charge in [-0.15, -0.1) is 10.2 Å². The van der Waals surface area contributed by atoms with Crippen LogP contribution in [0.4, 0.5) is 0 Å². The highest BCUT2D eigenvalue weighted by Gasteiger charge is 2.14. The molecule has 3 aromatic heterocycles. The van der Waals surface area contributed by atoms with Crippen LogP contribution in [-0.2, 0) is 0 Å². The highest BCUT2D eigenvalue weighted by Crippen LogP contribution is 2.28. The van der Waals surface area contributed by atoms with Gasteiger partial charge in [0.15, 0.2) is 0 Å². The van der Waals surface area contributed by atoms with Gasteiger partial charge in [0.1, 0.15) is 5.65 Å². The number of aromatic amines is 1. The van der Waals surface area contributed by atoms with Crippen molar-refractivity contribution in [2.75, 3.05) is 0 Å². The number of hydrogen-bond acceptors (Lipinski definition) is 4. The first-order valence-electron chi connectivity index (χ1n) is 6.23. The Kier molecular flexibility index (Phi) is 2.35. The van der Waals surface area contributed by atoms with Crippen LogP contribution < -0.4 is 0 Å². The van der Waals surface area contributed by atoms with E-state index in [2.05, 4.69) is 20.2 Å². The van der Waals surface area contributed by atoms with Crippen molar-refractivity contribution >= 4 is 11.0 Å². The second-order valence-corrected chi connectivity index (χ2v) is 4.38. The molecule has 0 aliphatic heterocycles. The summed E-state index contributed by atoms with van der Waals surface area (Å²) < 4.78 is 5.75. The van der Waals surface area contributed by atoms with Gasteiger partial charge in [-0.05, 0) is 24.3 Å². The number of aromatic nitrogens is 4. The van der Waals surface area contributed by atoms with Gasteiger partial charge in [-0.1, -0.05) is 18.2 Å². The molecule has 0 fully saturated rings. The van der Waals surface area contributed by atoms with Crippen LogP contribution in [0.3, 0.4) is 0 Å². The van der Waals surface area contributed by atoms with Crippen molar-refractivity contribution in [3.8, 4) is 22.9 Å². The maximum absolute atomic E-state index is 5.75. The minimum atomic E-state index is 0.489. The van der Waals surface area contributed by atoms with Crippen LogP contribution >= 0.6 is 0 Å². The molecule has 0 bridgehead atoms. The first kappa shape index (κ1) is 10.9. The number of H-pyrrole nitrogens is 1. The topological polar surface area (TPSA) is 67.6 Å². The van der Waals surface area contributed by atoms with Crippen molar-refractivity contribution in [3.63, 3.8) is 0 Å². The maximum atomic E-state index is 5.75. The Labute approximate surface area is 114 Å². The molecule has 4 rings (SSSR count). The fourth-order valence-corrected chi connectivity index (χ4v) is 2.16. The summed E-state index contributed by atoms with van der Waals surface area (Å²) >= 11 is 0. The number of fused-ring (bicyclic) bond motifs is 1. The number of nitrogens with one attached hydrogen (secondary N) is 1. The molecule has 5 heteroatoms. The van der Waals surface area contributed by atoms with E-state index < -0.39 is 0 Å². The lowest BCUT2D eigenvalue weighted by Crippen LogP contribution is -1.76. The summed E-state index contributed by atoms with van der Waals surface area (Å²) in [5.41, 5.74) is 2.58. The predicted molar refractivity (Wildman–Crippen MR) is 74.8 cm³/mol. The monoisotopic (exact) mass is 262 g/mol. The Morgan fingerprint density at radius 3 is 2.65 bits per heavy atom. The molecule has 5 nitrogen and oxygen atoms in total. The molecule has 0 atom stereocenters. The third kappa shape index (κ3) is 1.68. The lowest BCUT2D eigenvalue weighted by molar-refractivity contribution is 0.585. The first-order valence-corrected chi connectivity index (χ1v) is 6.23. The Hall–Kier alpha value is -2.95. The van der Waals surface area contributed by atoms with Gasteiger partial charge in [-0.2, -0.15) is 0 Å². The molecule has 96 valence electrons. The lowest BCUT2D eigenvalue weighted by Gasteiger charge is -1.93. The molecule has 0 aliphatic rings. The molecule has 20 heavy (non-hydrogen) atoms. The molecule has 0 radical (unpaired) electrons. The molecule has 3 heterocycles. The number of rotatable bonds is 2. The lowest BCUT2D eigenvalue weighted by atomic mass is 10.2. The fraction of sp³-hybridized carbons (Fsp3) is 0. The third-order valence-electron chi connectivity index (χ3n) is 3.13. The average molecular weight is 262 g/mol. The first-order chi connectivity index (χ1) is 9.92. The van der Waals surface area contributed by atoms with Gasteiger partial charge in [-0.25, -0.2) is 4.98 Å². The average Bonchev–Trinajstić information content (AvgIpc) is 3.14. The molecule has 0 saturated carbocycles. The van der Waals surface area contributed by atoms with Crippen molar-refractivity contribution in [2.45, 2.75) is 0 Å².